The van der Waals surface area contributed by atoms with Crippen molar-refractivity contribution in [2.75, 3.05) is 10.6 Å². The molecule has 2 N–H and O–H groups in total. The van der Waals surface area contributed by atoms with Crippen LogP contribution < -0.4 is 10.6 Å². The monoisotopic (exact) mass is 409 g/mol. The molecule has 1 aromatic heterocycles. The molecular weight excluding hydrogens is 382 g/mol. The van der Waals surface area contributed by atoms with E-state index in [9.17, 15) is 0 Å². The van der Waals surface area contributed by atoms with E-state index in [1.54, 1.807) is 0 Å². The van der Waals surface area contributed by atoms with E-state index >= 15 is 0 Å². The molecule has 2 aromatic carbocycles. The third kappa shape index (κ3) is 4.08. The highest BCUT2D eigenvalue weighted by Crippen LogP contribution is 2.34. The number of allylic oxidation sites excluding steroid dienone is 2. The number of benzene rings is 2. The van der Waals surface area contributed by atoms with Crippen LogP contribution in [0, 0.1) is 5.92 Å². The molecule has 5 nitrogen and oxygen atoms in total. The first-order valence-electron chi connectivity index (χ1n) is 11.1. The predicted octanol–water partition coefficient (Wildman–Crippen LogP) is 6.47. The van der Waals surface area contributed by atoms with Gasteiger partial charge in [-0.15, -0.1) is 0 Å². The lowest BCUT2D eigenvalue weighted by atomic mass is 9.88. The van der Waals surface area contributed by atoms with Crippen LogP contribution in [0.25, 0.3) is 12.2 Å². The lowest BCUT2D eigenvalue weighted by molar-refractivity contribution is 0.620. The summed E-state index contributed by atoms with van der Waals surface area (Å²) >= 11 is 0. The van der Waals surface area contributed by atoms with Gasteiger partial charge in [0.25, 0.3) is 0 Å². The van der Waals surface area contributed by atoms with Crippen molar-refractivity contribution in [1.82, 2.24) is 15.0 Å². The van der Waals surface area contributed by atoms with Crippen LogP contribution in [0.1, 0.15) is 54.9 Å². The summed E-state index contributed by atoms with van der Waals surface area (Å²) in [4.78, 5) is 13.1. The Morgan fingerprint density at radius 1 is 0.839 bits per heavy atom. The summed E-state index contributed by atoms with van der Waals surface area (Å²) in [5.41, 5.74) is 7.26. The van der Waals surface area contributed by atoms with Crippen molar-refractivity contribution in [3.8, 4) is 0 Å². The van der Waals surface area contributed by atoms with E-state index in [0.717, 1.165) is 24.2 Å². The molecule has 0 bridgehead atoms. The van der Waals surface area contributed by atoms with Crippen LogP contribution in [0.2, 0.25) is 0 Å². The van der Waals surface area contributed by atoms with Crippen molar-refractivity contribution in [3.05, 3.63) is 77.1 Å². The van der Waals surface area contributed by atoms with Crippen molar-refractivity contribution < 1.29 is 0 Å². The minimum Gasteiger partial charge on any atom is -0.324 e. The average molecular weight is 410 g/mol. The van der Waals surface area contributed by atoms with Crippen LogP contribution in [-0.2, 0) is 6.42 Å². The van der Waals surface area contributed by atoms with E-state index in [1.807, 2.05) is 0 Å². The molecule has 0 amide bonds. The van der Waals surface area contributed by atoms with Gasteiger partial charge >= 0.3 is 0 Å². The molecule has 156 valence electrons. The molecule has 5 rings (SSSR count). The summed E-state index contributed by atoms with van der Waals surface area (Å²) in [5, 5.41) is 6.62. The maximum Gasteiger partial charge on any atom is 0.232 e. The molecule has 5 heteroatoms. The van der Waals surface area contributed by atoms with Gasteiger partial charge in [0.2, 0.25) is 11.9 Å². The zero-order valence-electron chi connectivity index (χ0n) is 18.0. The molecule has 0 saturated heterocycles. The van der Waals surface area contributed by atoms with E-state index in [0.29, 0.717) is 23.7 Å². The van der Waals surface area contributed by atoms with Crippen molar-refractivity contribution in [1.29, 1.82) is 0 Å². The van der Waals surface area contributed by atoms with Gasteiger partial charge in [-0.3, -0.25) is 0 Å². The number of aromatic nitrogens is 3. The van der Waals surface area contributed by atoms with Crippen LogP contribution in [-0.4, -0.2) is 15.0 Å². The molecule has 0 aliphatic heterocycles. The molecule has 3 aromatic rings. The number of nitrogens with zero attached hydrogens (tertiary/aromatic N) is 3. The van der Waals surface area contributed by atoms with Gasteiger partial charge in [-0.2, -0.15) is 4.98 Å². The second kappa shape index (κ2) is 8.34. The average Bonchev–Trinajstić information content (AvgIpc) is 3.21. The van der Waals surface area contributed by atoms with Crippen LogP contribution in [0.4, 0.5) is 23.3 Å². The number of anilines is 4. The SMILES string of the molecule is CCC1C=Cc2cc(Nc3ncnc(Nc4ccc5c(c4)C=CC5CC)n3)ccc2C1. The van der Waals surface area contributed by atoms with Crippen LogP contribution in [0.5, 0.6) is 0 Å². The fraction of sp³-hybridized carbons (Fsp3) is 0.269. The third-order valence-electron chi connectivity index (χ3n) is 6.22. The van der Waals surface area contributed by atoms with Gasteiger partial charge in [-0.1, -0.05) is 50.3 Å². The summed E-state index contributed by atoms with van der Waals surface area (Å²) in [6, 6.07) is 12.9. The van der Waals surface area contributed by atoms with Gasteiger partial charge in [0.1, 0.15) is 6.33 Å². The number of rotatable bonds is 6. The number of nitrogens with one attached hydrogen (secondary N) is 2. The van der Waals surface area contributed by atoms with E-state index in [1.165, 1.54) is 35.0 Å². The zero-order valence-corrected chi connectivity index (χ0v) is 18.0. The highest BCUT2D eigenvalue weighted by atomic mass is 15.2. The molecule has 2 aliphatic carbocycles. The topological polar surface area (TPSA) is 62.7 Å². The lowest BCUT2D eigenvalue weighted by Gasteiger charge is -2.18. The van der Waals surface area contributed by atoms with Gasteiger partial charge < -0.3 is 10.6 Å². The first-order valence-corrected chi connectivity index (χ1v) is 11.1. The van der Waals surface area contributed by atoms with Crippen LogP contribution >= 0.6 is 0 Å². The summed E-state index contributed by atoms with van der Waals surface area (Å²) < 4.78 is 0. The Bertz CT molecular complexity index is 1160. The first-order chi connectivity index (χ1) is 15.2. The van der Waals surface area contributed by atoms with Gasteiger partial charge in [-0.05, 0) is 71.7 Å². The second-order valence-corrected chi connectivity index (χ2v) is 8.25. The van der Waals surface area contributed by atoms with Gasteiger partial charge in [-0.25, -0.2) is 9.97 Å². The Morgan fingerprint density at radius 3 is 2.29 bits per heavy atom. The fourth-order valence-corrected chi connectivity index (χ4v) is 4.37. The minimum atomic E-state index is 0.523. The largest absolute Gasteiger partial charge is 0.324 e. The minimum absolute atomic E-state index is 0.523. The number of hydrogen-bond acceptors (Lipinski definition) is 5. The first kappa shape index (κ1) is 19.5. The normalized spacial score (nSPS) is 18.5. The molecule has 31 heavy (non-hydrogen) atoms. The Labute approximate surface area is 183 Å². The summed E-state index contributed by atoms with van der Waals surface area (Å²) in [7, 11) is 0. The third-order valence-corrected chi connectivity index (χ3v) is 6.22. The Kier molecular flexibility index (Phi) is 5.24. The lowest BCUT2D eigenvalue weighted by Crippen LogP contribution is -2.07. The van der Waals surface area contributed by atoms with Crippen molar-refractivity contribution >= 4 is 35.4 Å². The molecular formula is C26H27N5. The molecule has 1 heterocycles. The highest BCUT2D eigenvalue weighted by Gasteiger charge is 2.16. The standard InChI is InChI=1S/C26H27N5/c1-3-17-5-6-20-14-22(10-9-19(20)13-17)29-25-27-16-28-26(31-25)30-23-11-12-24-18(4-2)7-8-21(24)15-23/h5-12,14-18H,3-4,13H2,1-2H3,(H2,27,28,29,30,31). The Balaban J connectivity index is 1.31. The Hall–Kier alpha value is -3.47. The second-order valence-electron chi connectivity index (χ2n) is 8.25. The van der Waals surface area contributed by atoms with Gasteiger partial charge in [0.05, 0.1) is 0 Å². The number of fused-ring (bicyclic) bond motifs is 2. The smallest absolute Gasteiger partial charge is 0.232 e. The summed E-state index contributed by atoms with van der Waals surface area (Å²) in [5.74, 6) is 2.22. The maximum atomic E-state index is 4.54. The van der Waals surface area contributed by atoms with Crippen molar-refractivity contribution in [2.45, 2.75) is 39.0 Å². The summed E-state index contributed by atoms with van der Waals surface area (Å²) in [6.45, 7) is 4.46. The fourth-order valence-electron chi connectivity index (χ4n) is 4.37. The van der Waals surface area contributed by atoms with Crippen molar-refractivity contribution in [3.63, 3.8) is 0 Å². The quantitative estimate of drug-likeness (QED) is 0.488. The van der Waals surface area contributed by atoms with E-state index in [4.69, 9.17) is 0 Å². The zero-order chi connectivity index (χ0) is 21.2. The highest BCUT2D eigenvalue weighted by molar-refractivity contribution is 5.69. The molecule has 0 spiro atoms. The van der Waals surface area contributed by atoms with E-state index in [2.05, 4.69) is 100 Å². The van der Waals surface area contributed by atoms with Crippen LogP contribution in [0.15, 0.2) is 54.9 Å². The Morgan fingerprint density at radius 2 is 1.55 bits per heavy atom. The van der Waals surface area contributed by atoms with Crippen molar-refractivity contribution in [2.24, 2.45) is 5.92 Å². The van der Waals surface area contributed by atoms with Gasteiger partial charge in [0, 0.05) is 17.3 Å². The molecule has 0 fully saturated rings. The molecule has 2 atom stereocenters. The van der Waals surface area contributed by atoms with E-state index < -0.39 is 0 Å². The molecule has 0 saturated carbocycles. The van der Waals surface area contributed by atoms with E-state index in [-0.39, 0.29) is 0 Å². The van der Waals surface area contributed by atoms with Crippen LogP contribution in [0.3, 0.4) is 0 Å². The predicted molar refractivity (Wildman–Crippen MR) is 128 cm³/mol. The van der Waals surface area contributed by atoms with Gasteiger partial charge in [0.15, 0.2) is 0 Å². The molecule has 0 radical (unpaired) electrons. The molecule has 2 aliphatic rings. The molecule has 2 unspecified atom stereocenters. The summed E-state index contributed by atoms with van der Waals surface area (Å²) in [6.07, 6.45) is 13.9. The number of hydrogen-bond donors (Lipinski definition) is 2. The maximum absolute atomic E-state index is 4.54.